The molecule has 0 radical (unpaired) electrons. The van der Waals surface area contributed by atoms with Gasteiger partial charge in [0, 0.05) is 6.07 Å². The van der Waals surface area contributed by atoms with Crippen molar-refractivity contribution in [2.45, 2.75) is 90.9 Å². The first kappa shape index (κ1) is 45.9. The number of esters is 4. The molecule has 5 rings (SSSR count). The zero-order chi connectivity index (χ0) is 43.2. The Morgan fingerprint density at radius 1 is 0.377 bits per heavy atom. The van der Waals surface area contributed by atoms with Gasteiger partial charge in [-0.2, -0.15) is 0 Å². The maximum absolute atomic E-state index is 13.0. The van der Waals surface area contributed by atoms with Crippen LogP contribution in [-0.4, -0.2) is 37.1 Å². The van der Waals surface area contributed by atoms with Crippen LogP contribution in [0.25, 0.3) is 0 Å². The van der Waals surface area contributed by atoms with Crippen molar-refractivity contribution in [3.8, 4) is 34.5 Å². The summed E-state index contributed by atoms with van der Waals surface area (Å²) < 4.78 is 33.6. The molecule has 0 aliphatic rings. The summed E-state index contributed by atoms with van der Waals surface area (Å²) in [5.41, 5.74) is 0.775. The smallest absolute Gasteiger partial charge is 0.343 e. The molecule has 0 amide bonds. The molecule has 0 unspecified atom stereocenters. The van der Waals surface area contributed by atoms with Crippen LogP contribution in [0.1, 0.15) is 132 Å². The Morgan fingerprint density at radius 3 is 1.08 bits per heavy atom. The normalized spacial score (nSPS) is 10.7. The molecule has 320 valence electrons. The second-order valence-corrected chi connectivity index (χ2v) is 14.9. The van der Waals surface area contributed by atoms with Gasteiger partial charge < -0.3 is 28.4 Å². The highest BCUT2D eigenvalue weighted by atomic mass is 35.5. The summed E-state index contributed by atoms with van der Waals surface area (Å²) in [5.74, 6) is -0.518. The third-order valence-corrected chi connectivity index (χ3v) is 9.94. The fourth-order valence-corrected chi connectivity index (χ4v) is 6.28. The Kier molecular flexibility index (Phi) is 18.7. The van der Waals surface area contributed by atoms with Gasteiger partial charge in [0.25, 0.3) is 0 Å². The second-order valence-electron chi connectivity index (χ2n) is 14.5. The van der Waals surface area contributed by atoms with E-state index in [2.05, 4.69) is 13.8 Å². The Labute approximate surface area is 363 Å². The van der Waals surface area contributed by atoms with Crippen LogP contribution in [0.2, 0.25) is 5.02 Å². The van der Waals surface area contributed by atoms with Crippen molar-refractivity contribution in [3.63, 3.8) is 0 Å². The lowest BCUT2D eigenvalue weighted by atomic mass is 10.1. The molecule has 11 heteroatoms. The SMILES string of the molecule is CCCCCCCCOc1ccc(OC(=O)c2ccc(C(=O)Oc3ccc(Cl)c(OC(=O)c4ccc(C(=O)Oc5ccc(OCCCCCCCC)cc5)cc4)c3)cc2)cc1. The summed E-state index contributed by atoms with van der Waals surface area (Å²) in [5, 5.41) is 0.102. The quantitative estimate of drug-likeness (QED) is 0.0337. The van der Waals surface area contributed by atoms with Gasteiger partial charge in [0.2, 0.25) is 0 Å². The summed E-state index contributed by atoms with van der Waals surface area (Å²) in [7, 11) is 0. The van der Waals surface area contributed by atoms with Gasteiger partial charge in [-0.05, 0) is 122 Å². The van der Waals surface area contributed by atoms with Gasteiger partial charge >= 0.3 is 23.9 Å². The molecular weight excluding hydrogens is 796 g/mol. The number of halogens is 1. The van der Waals surface area contributed by atoms with Crippen LogP contribution >= 0.6 is 11.6 Å². The van der Waals surface area contributed by atoms with E-state index in [9.17, 15) is 19.2 Å². The molecular formula is C50H53ClO10. The van der Waals surface area contributed by atoms with Crippen LogP contribution in [0.4, 0.5) is 0 Å². The van der Waals surface area contributed by atoms with E-state index < -0.39 is 23.9 Å². The molecule has 0 aliphatic carbocycles. The molecule has 0 N–H and O–H groups in total. The molecule has 0 aliphatic heterocycles. The third-order valence-electron chi connectivity index (χ3n) is 9.63. The van der Waals surface area contributed by atoms with Crippen molar-refractivity contribution in [2.75, 3.05) is 13.2 Å². The Balaban J connectivity index is 1.06. The fourth-order valence-electron chi connectivity index (χ4n) is 6.12. The minimum absolute atomic E-state index is 0.0460. The van der Waals surface area contributed by atoms with Gasteiger partial charge in [-0.25, -0.2) is 19.2 Å². The van der Waals surface area contributed by atoms with Crippen LogP contribution in [0.15, 0.2) is 115 Å². The van der Waals surface area contributed by atoms with Gasteiger partial charge in [0.05, 0.1) is 40.5 Å². The highest BCUT2D eigenvalue weighted by Crippen LogP contribution is 2.31. The maximum atomic E-state index is 13.0. The van der Waals surface area contributed by atoms with Crippen molar-refractivity contribution in [1.29, 1.82) is 0 Å². The van der Waals surface area contributed by atoms with Crippen molar-refractivity contribution >= 4 is 35.5 Å². The lowest BCUT2D eigenvalue weighted by molar-refractivity contribution is 0.0714. The average Bonchev–Trinajstić information content (AvgIpc) is 3.28. The molecule has 0 atom stereocenters. The van der Waals surface area contributed by atoms with Gasteiger partial charge in [-0.1, -0.05) is 89.7 Å². The van der Waals surface area contributed by atoms with Crippen molar-refractivity contribution in [3.05, 3.63) is 143 Å². The predicted octanol–water partition coefficient (Wildman–Crippen LogP) is 12.7. The van der Waals surface area contributed by atoms with Crippen LogP contribution in [-0.2, 0) is 0 Å². The van der Waals surface area contributed by atoms with Gasteiger partial charge in [0.1, 0.15) is 28.7 Å². The summed E-state index contributed by atoms with van der Waals surface area (Å²) in [4.78, 5) is 51.6. The lowest BCUT2D eigenvalue weighted by Crippen LogP contribution is -2.12. The number of benzene rings is 5. The number of rotatable bonds is 24. The number of ether oxygens (including phenoxy) is 6. The van der Waals surface area contributed by atoms with Gasteiger partial charge in [-0.3, -0.25) is 0 Å². The second kappa shape index (κ2) is 24.8. The Hall–Kier alpha value is -6.13. The first-order valence-corrected chi connectivity index (χ1v) is 21.4. The molecule has 0 spiro atoms. The highest BCUT2D eigenvalue weighted by molar-refractivity contribution is 6.32. The summed E-state index contributed by atoms with van der Waals surface area (Å²) in [6.07, 6.45) is 14.2. The van der Waals surface area contributed by atoms with Gasteiger partial charge in [-0.15, -0.1) is 0 Å². The topological polar surface area (TPSA) is 124 Å². The van der Waals surface area contributed by atoms with E-state index in [1.807, 2.05) is 0 Å². The first-order valence-electron chi connectivity index (χ1n) is 21.1. The predicted molar refractivity (Wildman–Crippen MR) is 235 cm³/mol. The van der Waals surface area contributed by atoms with Crippen LogP contribution in [0.3, 0.4) is 0 Å². The maximum Gasteiger partial charge on any atom is 0.343 e. The number of hydrogen-bond acceptors (Lipinski definition) is 10. The molecule has 10 nitrogen and oxygen atoms in total. The summed E-state index contributed by atoms with van der Waals surface area (Å²) in [6, 6.07) is 29.4. The minimum Gasteiger partial charge on any atom is -0.494 e. The van der Waals surface area contributed by atoms with E-state index in [1.165, 1.54) is 118 Å². The third kappa shape index (κ3) is 15.4. The average molecular weight is 849 g/mol. The molecule has 0 saturated heterocycles. The molecule has 61 heavy (non-hydrogen) atoms. The number of carbonyl (C=O) groups is 4. The first-order chi connectivity index (χ1) is 29.7. The van der Waals surface area contributed by atoms with E-state index in [1.54, 1.807) is 48.5 Å². The van der Waals surface area contributed by atoms with E-state index in [0.717, 1.165) is 25.7 Å². The molecule has 0 aromatic heterocycles. The largest absolute Gasteiger partial charge is 0.494 e. The highest BCUT2D eigenvalue weighted by Gasteiger charge is 2.17. The Bertz CT molecular complexity index is 2150. The number of unbranched alkanes of at least 4 members (excludes halogenated alkanes) is 10. The molecule has 5 aromatic rings. The van der Waals surface area contributed by atoms with Gasteiger partial charge in [0.15, 0.2) is 5.75 Å². The molecule has 0 heterocycles. The van der Waals surface area contributed by atoms with E-state index in [-0.39, 0.29) is 38.8 Å². The number of carbonyl (C=O) groups excluding carboxylic acids is 4. The Morgan fingerprint density at radius 2 is 0.689 bits per heavy atom. The standard InChI is InChI=1S/C50H53ClO10/c1-3-5-7-9-11-13-33-56-40-23-27-42(28-24-40)58-47(52)36-15-17-38(18-16-36)49(54)60-44-31-32-45(51)46(35-44)61-50(55)39-21-19-37(20-22-39)48(53)59-43-29-25-41(26-30-43)57-34-14-12-10-8-6-4-2/h15-32,35H,3-14,33-34H2,1-2H3. The van der Waals surface area contributed by atoms with Crippen molar-refractivity contribution in [1.82, 2.24) is 0 Å². The lowest BCUT2D eigenvalue weighted by Gasteiger charge is -2.10. The van der Waals surface area contributed by atoms with E-state index in [0.29, 0.717) is 36.2 Å². The van der Waals surface area contributed by atoms with E-state index >= 15 is 0 Å². The fraction of sp³-hybridized carbons (Fsp3) is 0.320. The molecule has 0 saturated carbocycles. The zero-order valence-corrected chi connectivity index (χ0v) is 35.6. The molecule has 0 fully saturated rings. The molecule has 5 aromatic carbocycles. The monoisotopic (exact) mass is 848 g/mol. The minimum atomic E-state index is -0.753. The number of hydrogen-bond donors (Lipinski definition) is 0. The zero-order valence-electron chi connectivity index (χ0n) is 34.8. The summed E-state index contributed by atoms with van der Waals surface area (Å²) >= 11 is 6.31. The molecule has 0 bridgehead atoms. The van der Waals surface area contributed by atoms with Crippen LogP contribution in [0, 0.1) is 0 Å². The van der Waals surface area contributed by atoms with Crippen LogP contribution in [0.5, 0.6) is 34.5 Å². The van der Waals surface area contributed by atoms with Crippen molar-refractivity contribution in [2.24, 2.45) is 0 Å². The van der Waals surface area contributed by atoms with Crippen molar-refractivity contribution < 1.29 is 47.6 Å². The van der Waals surface area contributed by atoms with E-state index in [4.69, 9.17) is 40.0 Å². The summed E-state index contributed by atoms with van der Waals surface area (Å²) in [6.45, 7) is 5.67. The van der Waals surface area contributed by atoms with Crippen LogP contribution < -0.4 is 28.4 Å².